The molecule has 0 aliphatic heterocycles. The molecule has 0 aromatic carbocycles. The van der Waals surface area contributed by atoms with Crippen LogP contribution in [0.4, 0.5) is 0 Å². The molecule has 0 aromatic heterocycles. The minimum absolute atomic E-state index is 0.478. The molecule has 0 aliphatic carbocycles. The third-order valence-corrected chi connectivity index (χ3v) is 5.54. The summed E-state index contributed by atoms with van der Waals surface area (Å²) < 4.78 is 19.7. The van der Waals surface area contributed by atoms with Gasteiger partial charge in [-0.25, -0.2) is 0 Å². The first-order valence-electron chi connectivity index (χ1n) is 2.93. The summed E-state index contributed by atoms with van der Waals surface area (Å²) in [6.45, 7) is 3.70. The van der Waals surface area contributed by atoms with E-state index in [1.807, 2.05) is 6.92 Å². The van der Waals surface area contributed by atoms with Gasteiger partial charge < -0.3 is 0 Å². The topological polar surface area (TPSA) is 37.3 Å². The van der Waals surface area contributed by atoms with E-state index in [0.717, 1.165) is 6.42 Å². The Labute approximate surface area is 52.9 Å². The van der Waals surface area contributed by atoms with Crippen molar-refractivity contribution in [1.29, 1.82) is 0 Å². The molecule has 0 spiro atoms. The van der Waals surface area contributed by atoms with Gasteiger partial charge in [-0.1, -0.05) is 0 Å². The second kappa shape index (κ2) is 3.36. The Morgan fingerprint density at radius 2 is 2.00 bits per heavy atom. The van der Waals surface area contributed by atoms with Crippen molar-refractivity contribution in [3.63, 3.8) is 0 Å². The molecule has 1 atom stereocenters. The average molecular weight is 180 g/mol. The fourth-order valence-electron chi connectivity index (χ4n) is 0.508. The van der Waals surface area contributed by atoms with Gasteiger partial charge in [-0.3, -0.25) is 0 Å². The summed E-state index contributed by atoms with van der Waals surface area (Å²) in [5, 5.41) is 1.01. The summed E-state index contributed by atoms with van der Waals surface area (Å²) in [5.41, 5.74) is 0. The van der Waals surface area contributed by atoms with Crippen LogP contribution in [0.3, 0.4) is 0 Å². The van der Waals surface area contributed by atoms with Crippen LogP contribution in [0.25, 0.3) is 0 Å². The van der Waals surface area contributed by atoms with Crippen LogP contribution >= 0.6 is 0 Å². The van der Waals surface area contributed by atoms with Gasteiger partial charge in [0.2, 0.25) is 0 Å². The Morgan fingerprint density at radius 1 is 1.50 bits per heavy atom. The Morgan fingerprint density at radius 3 is 2.12 bits per heavy atom. The first-order valence-corrected chi connectivity index (χ1v) is 7.19. The van der Waals surface area contributed by atoms with Crippen molar-refractivity contribution in [2.45, 2.75) is 30.7 Å². The Bertz CT molecular complexity index is 101. The van der Waals surface area contributed by atoms with E-state index in [1.54, 1.807) is 6.92 Å². The van der Waals surface area contributed by atoms with E-state index in [-0.39, 0.29) is 0 Å². The fraction of sp³-hybridized carbons (Fsp3) is 1.00. The van der Waals surface area contributed by atoms with Crippen LogP contribution in [-0.2, 0) is 3.74 Å². The van der Waals surface area contributed by atoms with Gasteiger partial charge in [0.25, 0.3) is 0 Å². The zero-order chi connectivity index (χ0) is 6.62. The molecule has 0 aromatic rings. The van der Waals surface area contributed by atoms with Gasteiger partial charge in [-0.05, 0) is 0 Å². The molecule has 0 saturated heterocycles. The Hall–Kier alpha value is 0.318. The quantitative estimate of drug-likeness (QED) is 0.664. The van der Waals surface area contributed by atoms with Crippen LogP contribution in [0.15, 0.2) is 0 Å². The Balaban J connectivity index is 3.55. The second-order valence-electron chi connectivity index (χ2n) is 1.89. The van der Waals surface area contributed by atoms with Gasteiger partial charge in [0.15, 0.2) is 0 Å². The molecule has 8 heavy (non-hydrogen) atoms. The van der Waals surface area contributed by atoms with E-state index in [4.69, 9.17) is 4.10 Å². The SMILES string of the molecule is CCC[As](=O)(O)CC. The number of hydrogen-bond donors (Lipinski definition) is 1. The predicted molar refractivity (Wildman–Crippen MR) is 34.2 cm³/mol. The molecule has 50 valence electrons. The average Bonchev–Trinajstić information content (AvgIpc) is 1.67. The summed E-state index contributed by atoms with van der Waals surface area (Å²) in [4.78, 5) is 0. The zero-order valence-electron chi connectivity index (χ0n) is 5.42. The van der Waals surface area contributed by atoms with Gasteiger partial charge >= 0.3 is 52.4 Å². The molecule has 0 bridgehead atoms. The maximum atomic E-state index is 10.8. The molecule has 0 aliphatic rings. The van der Waals surface area contributed by atoms with Crippen LogP contribution in [0.5, 0.6) is 0 Å². The first-order chi connectivity index (χ1) is 3.62. The van der Waals surface area contributed by atoms with Crippen molar-refractivity contribution >= 4 is 13.8 Å². The minimum atomic E-state index is -3.23. The molecule has 2 nitrogen and oxygen atoms in total. The summed E-state index contributed by atoms with van der Waals surface area (Å²) in [5.74, 6) is 0. The molecule has 3 heteroatoms. The van der Waals surface area contributed by atoms with Crippen molar-refractivity contribution < 1.29 is 7.84 Å². The molecule has 1 N–H and O–H groups in total. The molecule has 0 rings (SSSR count). The van der Waals surface area contributed by atoms with Crippen molar-refractivity contribution in [2.75, 3.05) is 0 Å². The molecule has 0 radical (unpaired) electrons. The van der Waals surface area contributed by atoms with E-state index >= 15 is 0 Å². The summed E-state index contributed by atoms with van der Waals surface area (Å²) in [6.07, 6.45) is 0.834. The fourth-order valence-corrected chi connectivity index (χ4v) is 2.64. The van der Waals surface area contributed by atoms with Crippen molar-refractivity contribution in [3.05, 3.63) is 0 Å². The monoisotopic (exact) mass is 180 g/mol. The van der Waals surface area contributed by atoms with Crippen molar-refractivity contribution in [2.24, 2.45) is 0 Å². The summed E-state index contributed by atoms with van der Waals surface area (Å²) >= 11 is -3.23. The van der Waals surface area contributed by atoms with Gasteiger partial charge in [0.1, 0.15) is 0 Å². The molecule has 0 heterocycles. The van der Waals surface area contributed by atoms with Crippen LogP contribution < -0.4 is 0 Å². The molecule has 1 unspecified atom stereocenters. The Kier molecular flexibility index (Phi) is 3.50. The van der Waals surface area contributed by atoms with E-state index in [9.17, 15) is 3.74 Å². The summed E-state index contributed by atoms with van der Waals surface area (Å²) in [6, 6.07) is 0. The maximum absolute atomic E-state index is 10.8. The normalized spacial score (nSPS) is 17.9. The predicted octanol–water partition coefficient (Wildman–Crippen LogP) is 1.28. The van der Waals surface area contributed by atoms with E-state index < -0.39 is 13.8 Å². The second-order valence-corrected chi connectivity index (χ2v) is 7.70. The van der Waals surface area contributed by atoms with Crippen molar-refractivity contribution in [3.8, 4) is 0 Å². The van der Waals surface area contributed by atoms with Gasteiger partial charge in [-0.15, -0.1) is 0 Å². The molecule has 0 saturated carbocycles. The van der Waals surface area contributed by atoms with E-state index in [1.165, 1.54) is 0 Å². The first kappa shape index (κ1) is 8.32. The van der Waals surface area contributed by atoms with Gasteiger partial charge in [0.05, 0.1) is 0 Å². The number of hydrogen-bond acceptors (Lipinski definition) is 1. The molecule has 0 amide bonds. The van der Waals surface area contributed by atoms with Crippen LogP contribution in [0.2, 0.25) is 10.4 Å². The van der Waals surface area contributed by atoms with Crippen LogP contribution in [0, 0.1) is 0 Å². The third kappa shape index (κ3) is 3.34. The van der Waals surface area contributed by atoms with Gasteiger partial charge in [-0.2, -0.15) is 0 Å². The van der Waals surface area contributed by atoms with Gasteiger partial charge in [0, 0.05) is 0 Å². The molecular formula is C5H13AsO2. The van der Waals surface area contributed by atoms with Crippen LogP contribution in [0.1, 0.15) is 20.3 Å². The third-order valence-electron chi connectivity index (χ3n) is 1.07. The zero-order valence-corrected chi connectivity index (χ0v) is 7.30. The van der Waals surface area contributed by atoms with Crippen LogP contribution in [-0.4, -0.2) is 17.9 Å². The van der Waals surface area contributed by atoms with Crippen molar-refractivity contribution in [1.82, 2.24) is 0 Å². The summed E-state index contributed by atoms with van der Waals surface area (Å²) in [7, 11) is 0. The number of rotatable bonds is 3. The molecule has 0 fully saturated rings. The van der Waals surface area contributed by atoms with E-state index in [0.29, 0.717) is 10.4 Å². The standard InChI is InChI=1S/C5H13AsO2/c1-3-5-6(7,8)4-2/h3-5H2,1-2H3,(H,7,8). The molecular weight excluding hydrogens is 167 g/mol. The van der Waals surface area contributed by atoms with E-state index in [2.05, 4.69) is 0 Å².